The molecule has 2 aromatic heterocycles. The van der Waals surface area contributed by atoms with Gasteiger partial charge in [-0.2, -0.15) is 4.52 Å². The summed E-state index contributed by atoms with van der Waals surface area (Å²) in [6, 6.07) is 7.58. The maximum Gasteiger partial charge on any atom is 0.288 e. The first kappa shape index (κ1) is 22.3. The van der Waals surface area contributed by atoms with Crippen molar-refractivity contribution in [3.63, 3.8) is 0 Å². The minimum absolute atomic E-state index is 0.00844. The average molecular weight is 456 g/mol. The zero-order valence-electron chi connectivity index (χ0n) is 18.5. The SMILES string of the molecule is CCCCOc1ccc(CNC(=O)c2cnc3sc(N4CCC[C@@H](C)C4)nn3c2=O)cc1. The van der Waals surface area contributed by atoms with Gasteiger partial charge in [-0.05, 0) is 42.9 Å². The van der Waals surface area contributed by atoms with Crippen LogP contribution in [0.15, 0.2) is 35.3 Å². The lowest BCUT2D eigenvalue weighted by Gasteiger charge is -2.30. The number of carbonyl (C=O) groups is 1. The number of unbranched alkanes of at least 4 members (excludes halogenated alkanes) is 1. The zero-order valence-corrected chi connectivity index (χ0v) is 19.4. The number of hydrogen-bond acceptors (Lipinski definition) is 7. The maximum atomic E-state index is 12.9. The highest BCUT2D eigenvalue weighted by Gasteiger charge is 2.22. The first-order chi connectivity index (χ1) is 15.5. The molecule has 0 spiro atoms. The molecule has 1 fully saturated rings. The highest BCUT2D eigenvalue weighted by molar-refractivity contribution is 7.20. The normalized spacial score (nSPS) is 16.3. The first-order valence-electron chi connectivity index (χ1n) is 11.2. The largest absolute Gasteiger partial charge is 0.494 e. The molecule has 0 bridgehead atoms. The Morgan fingerprint density at radius 1 is 1.31 bits per heavy atom. The smallest absolute Gasteiger partial charge is 0.288 e. The van der Waals surface area contributed by atoms with E-state index in [0.29, 0.717) is 24.0 Å². The Balaban J connectivity index is 1.42. The predicted molar refractivity (Wildman–Crippen MR) is 126 cm³/mol. The number of rotatable bonds is 8. The highest BCUT2D eigenvalue weighted by atomic mass is 32.1. The van der Waals surface area contributed by atoms with Gasteiger partial charge in [0.05, 0.1) is 6.61 Å². The second kappa shape index (κ2) is 10.1. The van der Waals surface area contributed by atoms with E-state index in [1.54, 1.807) is 0 Å². The quantitative estimate of drug-likeness (QED) is 0.523. The van der Waals surface area contributed by atoms with Crippen LogP contribution < -0.4 is 20.5 Å². The standard InChI is InChI=1S/C23H29N5O3S/c1-3-4-12-31-18-9-7-17(8-10-18)13-24-20(29)19-14-25-22-28(21(19)30)26-23(32-22)27-11-5-6-16(2)15-27/h7-10,14,16H,3-6,11-13,15H2,1-2H3,(H,24,29)/t16-/m1/s1. The lowest BCUT2D eigenvalue weighted by molar-refractivity contribution is 0.0948. The van der Waals surface area contributed by atoms with E-state index in [9.17, 15) is 9.59 Å². The number of hydrogen-bond donors (Lipinski definition) is 1. The van der Waals surface area contributed by atoms with Gasteiger partial charge in [-0.25, -0.2) is 4.98 Å². The van der Waals surface area contributed by atoms with Crippen molar-refractivity contribution in [3.05, 3.63) is 51.9 Å². The summed E-state index contributed by atoms with van der Waals surface area (Å²) in [7, 11) is 0. The molecule has 3 aromatic rings. The summed E-state index contributed by atoms with van der Waals surface area (Å²) in [6.07, 6.45) is 5.77. The summed E-state index contributed by atoms with van der Waals surface area (Å²) in [4.78, 5) is 32.5. The maximum absolute atomic E-state index is 12.9. The topological polar surface area (TPSA) is 88.8 Å². The van der Waals surface area contributed by atoms with Crippen molar-refractivity contribution in [2.75, 3.05) is 24.6 Å². The number of aromatic nitrogens is 3. The number of benzene rings is 1. The molecule has 1 aliphatic heterocycles. The number of ether oxygens (including phenoxy) is 1. The van der Waals surface area contributed by atoms with Gasteiger partial charge >= 0.3 is 0 Å². The molecule has 4 rings (SSSR count). The molecular weight excluding hydrogens is 426 g/mol. The second-order valence-corrected chi connectivity index (χ2v) is 9.21. The predicted octanol–water partition coefficient (Wildman–Crippen LogP) is 3.50. The summed E-state index contributed by atoms with van der Waals surface area (Å²) in [5.74, 6) is 0.948. The van der Waals surface area contributed by atoms with Gasteiger partial charge in [-0.15, -0.1) is 5.10 Å². The van der Waals surface area contributed by atoms with Crippen molar-refractivity contribution >= 4 is 27.3 Å². The summed E-state index contributed by atoms with van der Waals surface area (Å²) in [5.41, 5.74) is 0.469. The van der Waals surface area contributed by atoms with E-state index < -0.39 is 11.5 Å². The fraction of sp³-hybridized carbons (Fsp3) is 0.478. The molecule has 32 heavy (non-hydrogen) atoms. The number of anilines is 1. The first-order valence-corrected chi connectivity index (χ1v) is 12.0. The Kier molecular flexibility index (Phi) is 7.04. The molecule has 1 atom stereocenters. The number of amides is 1. The van der Waals surface area contributed by atoms with Gasteiger partial charge in [0.25, 0.3) is 11.5 Å². The summed E-state index contributed by atoms with van der Waals surface area (Å²) in [6.45, 7) is 7.19. The van der Waals surface area contributed by atoms with E-state index >= 15 is 0 Å². The number of nitrogens with one attached hydrogen (secondary N) is 1. The third-order valence-electron chi connectivity index (χ3n) is 5.59. The minimum atomic E-state index is -0.457. The molecule has 8 nitrogen and oxygen atoms in total. The van der Waals surface area contributed by atoms with Crippen molar-refractivity contribution in [3.8, 4) is 5.75 Å². The summed E-state index contributed by atoms with van der Waals surface area (Å²) >= 11 is 1.38. The van der Waals surface area contributed by atoms with E-state index in [-0.39, 0.29) is 5.56 Å². The third-order valence-corrected chi connectivity index (χ3v) is 6.57. The number of piperidine rings is 1. The van der Waals surface area contributed by atoms with Crippen LogP contribution in [-0.2, 0) is 6.54 Å². The molecule has 3 heterocycles. The van der Waals surface area contributed by atoms with Crippen molar-refractivity contribution < 1.29 is 9.53 Å². The van der Waals surface area contributed by atoms with E-state index in [1.165, 1.54) is 28.5 Å². The van der Waals surface area contributed by atoms with Gasteiger partial charge in [-0.1, -0.05) is 43.7 Å². The second-order valence-electron chi connectivity index (χ2n) is 8.28. The number of carbonyl (C=O) groups excluding carboxylic acids is 1. The van der Waals surface area contributed by atoms with Crippen LogP contribution in [-0.4, -0.2) is 40.2 Å². The van der Waals surface area contributed by atoms with Crippen molar-refractivity contribution in [1.82, 2.24) is 19.9 Å². The Bertz CT molecular complexity index is 1120. The van der Waals surface area contributed by atoms with Gasteiger partial charge in [0.1, 0.15) is 11.3 Å². The molecule has 1 amide bonds. The summed E-state index contributed by atoms with van der Waals surface area (Å²) in [5, 5.41) is 8.04. The Morgan fingerprint density at radius 3 is 2.88 bits per heavy atom. The van der Waals surface area contributed by atoms with Gasteiger partial charge in [0.2, 0.25) is 10.1 Å². The highest BCUT2D eigenvalue weighted by Crippen LogP contribution is 2.26. The van der Waals surface area contributed by atoms with Crippen LogP contribution in [0.5, 0.6) is 5.75 Å². The van der Waals surface area contributed by atoms with E-state index in [1.807, 2.05) is 24.3 Å². The molecule has 1 aromatic carbocycles. The molecular formula is C23H29N5O3S. The average Bonchev–Trinajstić information content (AvgIpc) is 3.24. The molecule has 0 saturated carbocycles. The van der Waals surface area contributed by atoms with E-state index in [0.717, 1.165) is 48.8 Å². The Hall–Kier alpha value is -2.94. The van der Waals surface area contributed by atoms with Crippen LogP contribution >= 0.6 is 11.3 Å². The van der Waals surface area contributed by atoms with Crippen molar-refractivity contribution in [2.45, 2.75) is 46.1 Å². The van der Waals surface area contributed by atoms with E-state index in [2.05, 4.69) is 34.1 Å². The van der Waals surface area contributed by atoms with Crippen LogP contribution in [0.2, 0.25) is 0 Å². The number of nitrogens with zero attached hydrogens (tertiary/aromatic N) is 4. The molecule has 1 aliphatic rings. The lowest BCUT2D eigenvalue weighted by Crippen LogP contribution is -2.34. The van der Waals surface area contributed by atoms with Crippen LogP contribution in [0.3, 0.4) is 0 Å². The fourth-order valence-corrected chi connectivity index (χ4v) is 4.63. The Morgan fingerprint density at radius 2 is 2.12 bits per heavy atom. The molecule has 0 aliphatic carbocycles. The lowest BCUT2D eigenvalue weighted by atomic mass is 10.0. The Labute approximate surface area is 191 Å². The fourth-order valence-electron chi connectivity index (χ4n) is 3.74. The number of fused-ring (bicyclic) bond motifs is 1. The third kappa shape index (κ3) is 5.09. The molecule has 0 radical (unpaired) electrons. The van der Waals surface area contributed by atoms with Gasteiger partial charge in [0.15, 0.2) is 0 Å². The van der Waals surface area contributed by atoms with Gasteiger partial charge in [-0.3, -0.25) is 9.59 Å². The van der Waals surface area contributed by atoms with Crippen LogP contribution in [0.25, 0.3) is 4.96 Å². The zero-order chi connectivity index (χ0) is 22.5. The minimum Gasteiger partial charge on any atom is -0.494 e. The molecule has 170 valence electrons. The molecule has 1 N–H and O–H groups in total. The molecule has 0 unspecified atom stereocenters. The molecule has 1 saturated heterocycles. The van der Waals surface area contributed by atoms with Crippen LogP contribution in [0, 0.1) is 5.92 Å². The van der Waals surface area contributed by atoms with Crippen LogP contribution in [0.1, 0.15) is 55.5 Å². The van der Waals surface area contributed by atoms with Crippen molar-refractivity contribution in [2.24, 2.45) is 5.92 Å². The van der Waals surface area contributed by atoms with Crippen molar-refractivity contribution in [1.29, 1.82) is 0 Å². The van der Waals surface area contributed by atoms with E-state index in [4.69, 9.17) is 4.74 Å². The summed E-state index contributed by atoms with van der Waals surface area (Å²) < 4.78 is 6.90. The molecule has 9 heteroatoms. The van der Waals surface area contributed by atoms with Crippen LogP contribution in [0.4, 0.5) is 5.13 Å². The van der Waals surface area contributed by atoms with Gasteiger partial charge in [0, 0.05) is 25.8 Å². The van der Waals surface area contributed by atoms with Gasteiger partial charge < -0.3 is 15.0 Å². The monoisotopic (exact) mass is 455 g/mol.